The Morgan fingerprint density at radius 1 is 1.12 bits per heavy atom. The highest BCUT2D eigenvalue weighted by molar-refractivity contribution is 7.90. The lowest BCUT2D eigenvalue weighted by Crippen LogP contribution is -2.48. The monoisotopic (exact) mass is 485 g/mol. The second-order valence-electron chi connectivity index (χ2n) is 8.19. The minimum Gasteiger partial charge on any atom is -0.338 e. The predicted octanol–water partition coefficient (Wildman–Crippen LogP) is 2.31. The average molecular weight is 486 g/mol. The Kier molecular flexibility index (Phi) is 6.44. The van der Waals surface area contributed by atoms with Gasteiger partial charge in [-0.25, -0.2) is 8.42 Å². The summed E-state index contributed by atoms with van der Waals surface area (Å²) in [5, 5.41) is 15.2. The molecule has 0 saturated carbocycles. The zero-order valence-corrected chi connectivity index (χ0v) is 19.5. The fraction of sp³-hybridized carbons (Fsp3) is 0.318. The molecule has 0 N–H and O–H groups in total. The third-order valence-corrected chi connectivity index (χ3v) is 6.67. The van der Waals surface area contributed by atoms with Crippen LogP contribution in [0, 0.1) is 17.0 Å². The smallest absolute Gasteiger partial charge is 0.271 e. The molecule has 1 aliphatic heterocycles. The maximum atomic E-state index is 13.0. The number of hydrogen-bond donors (Lipinski definition) is 0. The van der Waals surface area contributed by atoms with Gasteiger partial charge in [-0.15, -0.1) is 0 Å². The van der Waals surface area contributed by atoms with Gasteiger partial charge >= 0.3 is 0 Å². The molecule has 1 aromatic heterocycles. The maximum absolute atomic E-state index is 13.0. The fourth-order valence-electron chi connectivity index (χ4n) is 3.65. The van der Waals surface area contributed by atoms with E-state index in [1.54, 1.807) is 4.90 Å². The van der Waals surface area contributed by atoms with Crippen molar-refractivity contribution >= 4 is 21.4 Å². The van der Waals surface area contributed by atoms with E-state index in [2.05, 4.69) is 15.0 Å². The molecule has 2 heterocycles. The number of carbonyl (C=O) groups is 1. The Morgan fingerprint density at radius 3 is 2.41 bits per heavy atom. The molecular weight excluding hydrogens is 462 g/mol. The van der Waals surface area contributed by atoms with Gasteiger partial charge in [0.2, 0.25) is 11.7 Å². The molecule has 11 nitrogen and oxygen atoms in total. The maximum Gasteiger partial charge on any atom is 0.271 e. The number of nitro benzene ring substituents is 1. The van der Waals surface area contributed by atoms with Gasteiger partial charge < -0.3 is 9.42 Å². The molecule has 1 amide bonds. The van der Waals surface area contributed by atoms with Gasteiger partial charge in [0.15, 0.2) is 9.84 Å². The van der Waals surface area contributed by atoms with Crippen LogP contribution < -0.4 is 0 Å². The molecule has 1 saturated heterocycles. The number of carbonyl (C=O) groups excluding carboxylic acids is 1. The van der Waals surface area contributed by atoms with Gasteiger partial charge in [-0.1, -0.05) is 35.0 Å². The molecule has 178 valence electrons. The molecule has 3 aromatic rings. The fourth-order valence-corrected chi connectivity index (χ4v) is 4.32. The van der Waals surface area contributed by atoms with Gasteiger partial charge in [-0.05, 0) is 13.0 Å². The zero-order valence-electron chi connectivity index (χ0n) is 18.7. The van der Waals surface area contributed by atoms with Gasteiger partial charge in [0, 0.05) is 55.7 Å². The van der Waals surface area contributed by atoms with Crippen molar-refractivity contribution in [3.63, 3.8) is 0 Å². The largest absolute Gasteiger partial charge is 0.338 e. The Balaban J connectivity index is 1.40. The van der Waals surface area contributed by atoms with Crippen LogP contribution in [0.25, 0.3) is 11.4 Å². The van der Waals surface area contributed by atoms with Gasteiger partial charge in [-0.3, -0.25) is 19.8 Å². The zero-order chi connectivity index (χ0) is 24.5. The third-order valence-electron chi connectivity index (χ3n) is 5.57. The number of aromatic nitrogens is 2. The van der Waals surface area contributed by atoms with E-state index >= 15 is 0 Å². The molecule has 0 bridgehead atoms. The molecule has 0 aliphatic carbocycles. The lowest BCUT2D eigenvalue weighted by atomic mass is 10.1. The van der Waals surface area contributed by atoms with Crippen LogP contribution in [0.1, 0.15) is 21.8 Å². The quantitative estimate of drug-likeness (QED) is 0.380. The molecule has 1 aliphatic rings. The van der Waals surface area contributed by atoms with Gasteiger partial charge in [0.25, 0.3) is 11.6 Å². The minimum absolute atomic E-state index is 0.0253. The topological polar surface area (TPSA) is 140 Å². The minimum atomic E-state index is -3.72. The van der Waals surface area contributed by atoms with Crippen LogP contribution in [-0.2, 0) is 16.4 Å². The van der Waals surface area contributed by atoms with Crippen molar-refractivity contribution in [3.8, 4) is 11.4 Å². The highest BCUT2D eigenvalue weighted by Crippen LogP contribution is 2.23. The standard InChI is InChI=1S/C22H23N5O6S/c1-15-3-5-16(6-4-15)21-23-20(33-24-21)14-25-7-9-26(10-8-25)22(28)17-11-18(27(29)30)13-19(12-17)34(2,31)32/h3-6,11-13H,7-10,14H2,1-2H3. The predicted molar refractivity (Wildman–Crippen MR) is 122 cm³/mol. The van der Waals surface area contributed by atoms with E-state index in [1.165, 1.54) is 6.07 Å². The first kappa shape index (κ1) is 23.5. The molecule has 0 radical (unpaired) electrons. The second kappa shape index (κ2) is 9.31. The molecule has 2 aromatic carbocycles. The molecular formula is C22H23N5O6S. The first-order valence-electron chi connectivity index (χ1n) is 10.5. The summed E-state index contributed by atoms with van der Waals surface area (Å²) in [6, 6.07) is 11.1. The number of amides is 1. The Hall–Kier alpha value is -3.64. The van der Waals surface area contributed by atoms with Crippen molar-refractivity contribution in [3.05, 3.63) is 69.6 Å². The summed E-state index contributed by atoms with van der Waals surface area (Å²) in [5.74, 6) is 0.524. The molecule has 0 spiro atoms. The van der Waals surface area contributed by atoms with Crippen molar-refractivity contribution in [1.29, 1.82) is 0 Å². The van der Waals surface area contributed by atoms with E-state index in [9.17, 15) is 23.3 Å². The normalized spacial score (nSPS) is 14.8. The first-order chi connectivity index (χ1) is 16.1. The first-order valence-corrected chi connectivity index (χ1v) is 12.4. The summed E-state index contributed by atoms with van der Waals surface area (Å²) in [4.78, 5) is 31.3. The number of benzene rings is 2. The molecule has 4 rings (SSSR count). The van der Waals surface area contributed by atoms with Gasteiger partial charge in [0.1, 0.15) is 0 Å². The van der Waals surface area contributed by atoms with Crippen LogP contribution in [0.5, 0.6) is 0 Å². The second-order valence-corrected chi connectivity index (χ2v) is 10.2. The number of hydrogen-bond acceptors (Lipinski definition) is 9. The highest BCUT2D eigenvalue weighted by atomic mass is 32.2. The van der Waals surface area contributed by atoms with Crippen LogP contribution in [0.2, 0.25) is 0 Å². The van der Waals surface area contributed by atoms with Crippen molar-refractivity contribution in [2.24, 2.45) is 0 Å². The number of nitro groups is 1. The lowest BCUT2D eigenvalue weighted by Gasteiger charge is -2.34. The summed E-state index contributed by atoms with van der Waals surface area (Å²) < 4.78 is 29.2. The van der Waals surface area contributed by atoms with Crippen molar-refractivity contribution in [2.45, 2.75) is 18.4 Å². The van der Waals surface area contributed by atoms with Crippen LogP contribution in [0.4, 0.5) is 5.69 Å². The van der Waals surface area contributed by atoms with Crippen LogP contribution in [0.3, 0.4) is 0 Å². The molecule has 0 atom stereocenters. The summed E-state index contributed by atoms with van der Waals surface area (Å²) >= 11 is 0. The number of non-ortho nitro benzene ring substituents is 1. The number of nitrogens with zero attached hydrogens (tertiary/aromatic N) is 5. The highest BCUT2D eigenvalue weighted by Gasteiger charge is 2.26. The molecule has 34 heavy (non-hydrogen) atoms. The van der Waals surface area contributed by atoms with Gasteiger partial charge in [-0.2, -0.15) is 4.98 Å². The summed E-state index contributed by atoms with van der Waals surface area (Å²) in [6.07, 6.45) is 0.945. The van der Waals surface area contributed by atoms with E-state index in [1.807, 2.05) is 31.2 Å². The van der Waals surface area contributed by atoms with Crippen molar-refractivity contribution in [2.75, 3.05) is 32.4 Å². The van der Waals surface area contributed by atoms with Crippen LogP contribution >= 0.6 is 0 Å². The summed E-state index contributed by atoms with van der Waals surface area (Å²) in [7, 11) is -3.72. The molecule has 12 heteroatoms. The van der Waals surface area contributed by atoms with E-state index in [0.717, 1.165) is 29.5 Å². The molecule has 0 unspecified atom stereocenters. The summed E-state index contributed by atoms with van der Waals surface area (Å²) in [5.41, 5.74) is 1.53. The van der Waals surface area contributed by atoms with Crippen LogP contribution in [0.15, 0.2) is 51.9 Å². The van der Waals surface area contributed by atoms with E-state index in [4.69, 9.17) is 4.52 Å². The average Bonchev–Trinajstić information content (AvgIpc) is 3.27. The Labute approximate surface area is 196 Å². The number of piperazine rings is 1. The van der Waals surface area contributed by atoms with Crippen molar-refractivity contribution < 1.29 is 22.7 Å². The van der Waals surface area contributed by atoms with Crippen LogP contribution in [-0.4, -0.2) is 71.6 Å². The Morgan fingerprint density at radius 2 is 1.79 bits per heavy atom. The Bertz CT molecular complexity index is 1330. The third kappa shape index (κ3) is 5.29. The number of rotatable bonds is 6. The van der Waals surface area contributed by atoms with E-state index in [-0.39, 0.29) is 10.5 Å². The van der Waals surface area contributed by atoms with E-state index < -0.39 is 26.4 Å². The number of sulfone groups is 1. The SMILES string of the molecule is Cc1ccc(-c2noc(CN3CCN(C(=O)c4cc([N+](=O)[O-])cc(S(C)(=O)=O)c4)CC3)n2)cc1. The van der Waals surface area contributed by atoms with Gasteiger partial charge in [0.05, 0.1) is 16.4 Å². The van der Waals surface area contributed by atoms with E-state index in [0.29, 0.717) is 44.4 Å². The number of aryl methyl sites for hydroxylation is 1. The lowest BCUT2D eigenvalue weighted by molar-refractivity contribution is -0.385. The summed E-state index contributed by atoms with van der Waals surface area (Å²) in [6.45, 7) is 4.22. The van der Waals surface area contributed by atoms with Crippen molar-refractivity contribution in [1.82, 2.24) is 19.9 Å². The molecule has 1 fully saturated rings.